The number of aliphatic hydroxyl groups is 1. The molecule has 1 heterocycles. The number of rotatable bonds is 11. The van der Waals surface area contributed by atoms with Gasteiger partial charge in [-0.3, -0.25) is 19.2 Å². The maximum atomic E-state index is 14.5. The summed E-state index contributed by atoms with van der Waals surface area (Å²) in [5, 5.41) is 40.4. The molecule has 0 saturated heterocycles. The number of nitrogens with one attached hydrogen (secondary N) is 1. The molecule has 0 bridgehead atoms. The smallest absolute Gasteiger partial charge is 0.323 e. The Morgan fingerprint density at radius 3 is 2.36 bits per heavy atom. The lowest BCUT2D eigenvalue weighted by atomic mass is 9.93. The van der Waals surface area contributed by atoms with Gasteiger partial charge in [0.15, 0.2) is 24.0 Å². The number of aliphatic hydroxyl groups excluding tert-OH is 1. The van der Waals surface area contributed by atoms with Gasteiger partial charge in [-0.1, -0.05) is 6.07 Å². The molecule has 1 aliphatic heterocycles. The third kappa shape index (κ3) is 6.39. The number of benzene rings is 3. The average Bonchev–Trinajstić information content (AvgIpc) is 2.91. The number of hydrogen-bond acceptors (Lipinski definition) is 9. The molecule has 2 aromatic rings. The second kappa shape index (κ2) is 12.1. The lowest BCUT2D eigenvalue weighted by Gasteiger charge is -2.25. The van der Waals surface area contributed by atoms with Crippen LogP contribution in [0.2, 0.25) is 0 Å². The minimum atomic E-state index is -1.36. The van der Waals surface area contributed by atoms with E-state index in [1.807, 2.05) is 0 Å². The van der Waals surface area contributed by atoms with E-state index in [1.165, 1.54) is 25.1 Å². The molecule has 220 valence electrons. The van der Waals surface area contributed by atoms with Crippen molar-refractivity contribution >= 4 is 34.5 Å². The molecule has 1 aliphatic carbocycles. The van der Waals surface area contributed by atoms with E-state index < -0.39 is 66.4 Å². The summed E-state index contributed by atoms with van der Waals surface area (Å²) in [5.74, 6) is -6.55. The van der Waals surface area contributed by atoms with Crippen LogP contribution in [0.15, 0.2) is 51.7 Å². The second-order valence-electron chi connectivity index (χ2n) is 9.32. The van der Waals surface area contributed by atoms with Crippen LogP contribution in [0.5, 0.6) is 11.5 Å². The van der Waals surface area contributed by atoms with Crippen LogP contribution >= 0.6 is 0 Å². The number of fused-ring (bicyclic) bond motifs is 2. The Bertz CT molecular complexity index is 1710. The van der Waals surface area contributed by atoms with Crippen molar-refractivity contribution in [1.82, 2.24) is 5.32 Å². The van der Waals surface area contributed by atoms with Gasteiger partial charge in [-0.2, -0.15) is 0 Å². The molecule has 0 fully saturated rings. The second-order valence-corrected chi connectivity index (χ2v) is 9.32. The van der Waals surface area contributed by atoms with Crippen molar-refractivity contribution in [1.29, 1.82) is 0 Å². The van der Waals surface area contributed by atoms with Crippen LogP contribution in [0, 0.1) is 11.6 Å². The van der Waals surface area contributed by atoms with Crippen LogP contribution in [-0.2, 0) is 14.4 Å². The summed E-state index contributed by atoms with van der Waals surface area (Å²) in [6.45, 7) is -0.964. The first-order valence-corrected chi connectivity index (χ1v) is 12.3. The quantitative estimate of drug-likeness (QED) is 0.162. The van der Waals surface area contributed by atoms with Crippen molar-refractivity contribution in [2.45, 2.75) is 13.0 Å². The number of anilines is 1. The van der Waals surface area contributed by atoms with Crippen molar-refractivity contribution in [2.75, 3.05) is 31.2 Å². The van der Waals surface area contributed by atoms with Crippen molar-refractivity contribution in [3.05, 3.63) is 64.3 Å². The molecule has 42 heavy (non-hydrogen) atoms. The van der Waals surface area contributed by atoms with Gasteiger partial charge >= 0.3 is 11.9 Å². The van der Waals surface area contributed by atoms with Crippen LogP contribution in [-0.4, -0.2) is 70.6 Å². The molecule has 1 unspecified atom stereocenters. The van der Waals surface area contributed by atoms with Gasteiger partial charge in [-0.05, 0) is 36.8 Å². The van der Waals surface area contributed by atoms with Gasteiger partial charge in [0.05, 0.1) is 12.3 Å². The molecule has 5 N–H and O–H groups in total. The number of phenolic OH excluding ortho intramolecular Hbond substituents is 1. The molecule has 0 saturated carbocycles. The lowest BCUT2D eigenvalue weighted by molar-refractivity contribution is -0.136. The first-order chi connectivity index (χ1) is 19.9. The molecule has 0 radical (unpaired) electrons. The van der Waals surface area contributed by atoms with E-state index in [9.17, 15) is 48.4 Å². The first-order valence-electron chi connectivity index (χ1n) is 12.3. The van der Waals surface area contributed by atoms with E-state index in [0.29, 0.717) is 0 Å². The van der Waals surface area contributed by atoms with E-state index in [4.69, 9.17) is 9.15 Å². The van der Waals surface area contributed by atoms with Gasteiger partial charge < -0.3 is 39.8 Å². The van der Waals surface area contributed by atoms with Crippen LogP contribution in [0.25, 0.3) is 33.4 Å². The molecule has 14 heteroatoms. The van der Waals surface area contributed by atoms with Crippen LogP contribution in [0.1, 0.15) is 6.92 Å². The molecule has 2 aliphatic rings. The number of halogens is 2. The fraction of sp³-hybridized carbons (Fsp3) is 0.214. The molecule has 12 nitrogen and oxygen atoms in total. The third-order valence-corrected chi connectivity index (χ3v) is 6.12. The summed E-state index contributed by atoms with van der Waals surface area (Å²) in [6, 6.07) is 7.08. The van der Waals surface area contributed by atoms with Gasteiger partial charge in [0, 0.05) is 34.7 Å². The van der Waals surface area contributed by atoms with Crippen LogP contribution in [0.4, 0.5) is 14.5 Å². The highest BCUT2D eigenvalue weighted by Gasteiger charge is 2.24. The number of carboxylic acid groups (broad SMARTS) is 2. The topological polar surface area (TPSA) is 187 Å². The molecule has 2 aromatic carbocycles. The maximum absolute atomic E-state index is 14.5. The summed E-state index contributed by atoms with van der Waals surface area (Å²) < 4.78 is 40.3. The Balaban J connectivity index is 1.95. The fourth-order valence-electron chi connectivity index (χ4n) is 4.32. The normalized spacial score (nSPS) is 11.8. The standard InChI is InChI=1S/C28H24F2N2O10/c1-13(11-33)31-25(36)12-41-24-4-14(2-3-19(24)32(9-26(37)38)10-27(39)40)28-15-5-17(29)20(34)7-22(15)42-23-8-21(35)18(30)6-16(23)28/h2-8,13,33-34H,9-12H2,1H3,(H,31,36)(H,37,38)(H,39,40). The highest BCUT2D eigenvalue weighted by Crippen LogP contribution is 2.44. The summed E-state index contributed by atoms with van der Waals surface area (Å²) in [4.78, 5) is 48.4. The zero-order chi connectivity index (χ0) is 30.7. The van der Waals surface area contributed by atoms with Crippen LogP contribution < -0.4 is 20.4 Å². The number of ether oxygens (including phenoxy) is 1. The van der Waals surface area contributed by atoms with Crippen molar-refractivity contribution in [3.63, 3.8) is 0 Å². The molecular formula is C28H24F2N2O10. The number of nitrogens with zero attached hydrogens (tertiary/aromatic N) is 1. The number of carbonyl (C=O) groups is 3. The fourth-order valence-corrected chi connectivity index (χ4v) is 4.32. The summed E-state index contributed by atoms with van der Waals surface area (Å²) >= 11 is 0. The van der Waals surface area contributed by atoms with E-state index >= 15 is 0 Å². The predicted molar refractivity (Wildman–Crippen MR) is 144 cm³/mol. The molecule has 0 spiro atoms. The Morgan fingerprint density at radius 2 is 1.71 bits per heavy atom. The van der Waals surface area contributed by atoms with Gasteiger partial charge in [0.2, 0.25) is 5.43 Å². The minimum Gasteiger partial charge on any atom is -0.505 e. The molecular weight excluding hydrogens is 562 g/mol. The Labute approximate surface area is 235 Å². The van der Waals surface area contributed by atoms with Gasteiger partial charge in [-0.25, -0.2) is 8.78 Å². The van der Waals surface area contributed by atoms with Crippen molar-refractivity contribution in [3.8, 4) is 33.9 Å². The van der Waals surface area contributed by atoms with E-state index in [0.717, 1.165) is 29.2 Å². The van der Waals surface area contributed by atoms with Crippen molar-refractivity contribution in [2.24, 2.45) is 0 Å². The Hall–Kier alpha value is -5.24. The summed E-state index contributed by atoms with van der Waals surface area (Å²) in [6.07, 6.45) is 0. The lowest BCUT2D eigenvalue weighted by Crippen LogP contribution is -2.38. The summed E-state index contributed by atoms with van der Waals surface area (Å²) in [7, 11) is 0. The predicted octanol–water partition coefficient (Wildman–Crippen LogP) is 2.40. The largest absolute Gasteiger partial charge is 0.505 e. The highest BCUT2D eigenvalue weighted by atomic mass is 19.1. The van der Waals surface area contributed by atoms with Gasteiger partial charge in [0.1, 0.15) is 30.2 Å². The third-order valence-electron chi connectivity index (χ3n) is 6.12. The number of aliphatic carboxylic acids is 2. The number of carboxylic acids is 2. The van der Waals surface area contributed by atoms with E-state index in [2.05, 4.69) is 5.32 Å². The zero-order valence-corrected chi connectivity index (χ0v) is 21.9. The zero-order valence-electron chi connectivity index (χ0n) is 21.9. The van der Waals surface area contributed by atoms with Crippen LogP contribution in [0.3, 0.4) is 0 Å². The molecule has 0 aromatic heterocycles. The van der Waals surface area contributed by atoms with E-state index in [-0.39, 0.29) is 51.5 Å². The Morgan fingerprint density at radius 1 is 1.02 bits per heavy atom. The highest BCUT2D eigenvalue weighted by molar-refractivity contribution is 6.02. The number of amides is 1. The first kappa shape index (κ1) is 29.7. The van der Waals surface area contributed by atoms with Gasteiger partial charge in [0.25, 0.3) is 5.91 Å². The van der Waals surface area contributed by atoms with E-state index in [1.54, 1.807) is 0 Å². The number of phenols is 1. The number of aromatic hydroxyl groups is 1. The van der Waals surface area contributed by atoms with Crippen molar-refractivity contribution < 1.29 is 52.7 Å². The molecule has 4 rings (SSSR count). The average molecular weight is 587 g/mol. The molecule has 1 amide bonds. The number of carbonyl (C=O) groups excluding carboxylic acids is 1. The maximum Gasteiger partial charge on any atom is 0.323 e. The minimum absolute atomic E-state index is 0.0300. The molecule has 1 atom stereocenters. The van der Waals surface area contributed by atoms with Gasteiger partial charge in [-0.15, -0.1) is 0 Å². The number of hydrogen-bond donors (Lipinski definition) is 5. The SMILES string of the molecule is CC(CO)NC(=O)COc1cc(-c2c3cc(F)c(=O)cc-3oc3cc(O)c(F)cc23)ccc1N(CC(=O)O)CC(=O)O. The summed E-state index contributed by atoms with van der Waals surface area (Å²) in [5.41, 5.74) is -0.726. The Kier molecular flexibility index (Phi) is 8.57. The monoisotopic (exact) mass is 586 g/mol.